The smallest absolute Gasteiger partial charge is 0.339 e. The Labute approximate surface area is 209 Å². The van der Waals surface area contributed by atoms with Crippen molar-refractivity contribution in [2.24, 2.45) is 28.1 Å². The maximum absolute atomic E-state index is 14.1. The van der Waals surface area contributed by atoms with Crippen LogP contribution in [-0.2, 0) is 33.3 Å². The summed E-state index contributed by atoms with van der Waals surface area (Å²) < 4.78 is 28.6. The maximum atomic E-state index is 14.1. The molecule has 194 valence electrons. The minimum atomic E-state index is -1.39. The zero-order valence-electron chi connectivity index (χ0n) is 21.1. The number of rotatable bonds is 3. The van der Waals surface area contributed by atoms with Crippen LogP contribution < -0.4 is 0 Å². The zero-order chi connectivity index (χ0) is 25.9. The molecule has 1 N–H and O–H groups in total. The van der Waals surface area contributed by atoms with Crippen LogP contribution >= 0.6 is 0 Å². The first kappa shape index (κ1) is 23.9. The number of aliphatic hydroxyl groups is 1. The van der Waals surface area contributed by atoms with Crippen molar-refractivity contribution in [1.82, 2.24) is 0 Å². The van der Waals surface area contributed by atoms with Gasteiger partial charge in [-0.3, -0.25) is 4.79 Å². The Morgan fingerprint density at radius 3 is 2.61 bits per heavy atom. The van der Waals surface area contributed by atoms with E-state index < -0.39 is 63.6 Å². The minimum absolute atomic E-state index is 0.198. The molecule has 0 amide bonds. The average molecular weight is 501 g/mol. The van der Waals surface area contributed by atoms with Crippen molar-refractivity contribution in [3.63, 3.8) is 0 Å². The second kappa shape index (κ2) is 7.08. The SMILES string of the molecule is COC(=O)C=C[C@@]12COC(C)(C)[C@@H]1C(=O)[C@@H](O)[C@]1(C)[C@@H]2CC[C@@]2(C)[C@H](c3ccoc3)OC(=O)[C@H]3O[C@@]312. The van der Waals surface area contributed by atoms with Crippen LogP contribution in [0.2, 0.25) is 0 Å². The molecule has 1 spiro atoms. The number of carbonyl (C=O) groups is 3. The highest BCUT2D eigenvalue weighted by molar-refractivity contribution is 5.92. The van der Waals surface area contributed by atoms with Crippen LogP contribution in [0.3, 0.4) is 0 Å². The number of epoxide rings is 1. The van der Waals surface area contributed by atoms with Crippen LogP contribution in [0.5, 0.6) is 0 Å². The van der Waals surface area contributed by atoms with E-state index >= 15 is 0 Å². The van der Waals surface area contributed by atoms with Crippen molar-refractivity contribution in [2.45, 2.75) is 70.1 Å². The monoisotopic (exact) mass is 500 g/mol. The highest BCUT2D eigenvalue weighted by Gasteiger charge is 2.89. The summed E-state index contributed by atoms with van der Waals surface area (Å²) >= 11 is 0. The number of methoxy groups -OCH3 is 1. The third kappa shape index (κ3) is 2.49. The zero-order valence-corrected chi connectivity index (χ0v) is 21.1. The third-order valence-electron chi connectivity index (χ3n) is 10.2. The summed E-state index contributed by atoms with van der Waals surface area (Å²) in [5.41, 5.74) is -4.05. The van der Waals surface area contributed by atoms with E-state index in [1.54, 1.807) is 18.4 Å². The van der Waals surface area contributed by atoms with Crippen molar-refractivity contribution in [3.8, 4) is 0 Å². The van der Waals surface area contributed by atoms with Crippen LogP contribution in [0.15, 0.2) is 35.2 Å². The third-order valence-corrected chi connectivity index (χ3v) is 10.2. The lowest BCUT2D eigenvalue weighted by molar-refractivity contribution is -0.231. The molecule has 1 aromatic heterocycles. The molecule has 0 radical (unpaired) electrons. The molecule has 9 atom stereocenters. The Hall–Kier alpha value is -2.49. The van der Waals surface area contributed by atoms with Gasteiger partial charge in [0.15, 0.2) is 11.9 Å². The predicted molar refractivity (Wildman–Crippen MR) is 122 cm³/mol. The van der Waals surface area contributed by atoms with Gasteiger partial charge in [-0.1, -0.05) is 19.9 Å². The summed E-state index contributed by atoms with van der Waals surface area (Å²) in [5.74, 6) is -2.41. The van der Waals surface area contributed by atoms with E-state index in [0.717, 1.165) is 0 Å². The fourth-order valence-corrected chi connectivity index (χ4v) is 8.77. The highest BCUT2D eigenvalue weighted by atomic mass is 16.7. The summed E-state index contributed by atoms with van der Waals surface area (Å²) in [7, 11) is 1.30. The number of carbonyl (C=O) groups excluding carboxylic acids is 3. The van der Waals surface area contributed by atoms with Gasteiger partial charge < -0.3 is 28.5 Å². The molecule has 1 aromatic rings. The molecule has 36 heavy (non-hydrogen) atoms. The molecule has 0 bridgehead atoms. The second-order valence-corrected chi connectivity index (χ2v) is 12.0. The van der Waals surface area contributed by atoms with Gasteiger partial charge in [0, 0.05) is 27.9 Å². The van der Waals surface area contributed by atoms with E-state index in [0.29, 0.717) is 18.4 Å². The fraction of sp³-hybridized carbons (Fsp3) is 0.667. The normalized spacial score (nSPS) is 48.4. The number of fused-ring (bicyclic) bond motifs is 3. The van der Waals surface area contributed by atoms with Gasteiger partial charge in [0.1, 0.15) is 17.8 Å². The summed E-state index contributed by atoms with van der Waals surface area (Å²) in [5, 5.41) is 11.8. The summed E-state index contributed by atoms with van der Waals surface area (Å²) in [6.45, 7) is 7.75. The molecule has 5 fully saturated rings. The topological polar surface area (TPSA) is 125 Å². The molecule has 3 saturated heterocycles. The van der Waals surface area contributed by atoms with Gasteiger partial charge in [0.2, 0.25) is 0 Å². The number of hydrogen-bond acceptors (Lipinski definition) is 9. The molecule has 0 aromatic carbocycles. The van der Waals surface area contributed by atoms with Gasteiger partial charge in [-0.2, -0.15) is 0 Å². The number of ketones is 1. The van der Waals surface area contributed by atoms with Gasteiger partial charge in [-0.15, -0.1) is 0 Å². The molecular formula is C27H32O9. The Bertz CT molecular complexity index is 1170. The number of furan rings is 1. The van der Waals surface area contributed by atoms with E-state index in [9.17, 15) is 19.5 Å². The number of hydrogen-bond donors (Lipinski definition) is 1. The molecule has 5 aliphatic rings. The number of Topliss-reactive ketones (excluding diaryl/α,β-unsaturated/α-hetero) is 1. The largest absolute Gasteiger partial charge is 0.472 e. The Kier molecular flexibility index (Phi) is 4.70. The molecule has 2 saturated carbocycles. The minimum Gasteiger partial charge on any atom is -0.472 e. The summed E-state index contributed by atoms with van der Waals surface area (Å²) in [6.07, 6.45) is 4.44. The summed E-state index contributed by atoms with van der Waals surface area (Å²) in [6, 6.07) is 1.76. The molecular weight excluding hydrogens is 468 g/mol. The first-order valence-corrected chi connectivity index (χ1v) is 12.4. The van der Waals surface area contributed by atoms with Gasteiger partial charge in [0.05, 0.1) is 37.8 Å². The molecule has 6 rings (SSSR count). The van der Waals surface area contributed by atoms with E-state index in [4.69, 9.17) is 23.4 Å². The van der Waals surface area contributed by atoms with Gasteiger partial charge >= 0.3 is 11.9 Å². The van der Waals surface area contributed by atoms with Crippen molar-refractivity contribution in [3.05, 3.63) is 36.3 Å². The van der Waals surface area contributed by atoms with Crippen LogP contribution in [-0.4, -0.2) is 60.0 Å². The molecule has 2 aliphatic carbocycles. The van der Waals surface area contributed by atoms with E-state index in [2.05, 4.69) is 0 Å². The van der Waals surface area contributed by atoms with E-state index in [1.807, 2.05) is 27.7 Å². The van der Waals surface area contributed by atoms with Gasteiger partial charge in [-0.25, -0.2) is 9.59 Å². The molecule has 3 aliphatic heterocycles. The molecule has 9 heteroatoms. The summed E-state index contributed by atoms with van der Waals surface area (Å²) in [4.78, 5) is 39.4. The lowest BCUT2D eigenvalue weighted by Gasteiger charge is -2.65. The van der Waals surface area contributed by atoms with Crippen LogP contribution in [0.25, 0.3) is 0 Å². The lowest BCUT2D eigenvalue weighted by Crippen LogP contribution is -2.74. The van der Waals surface area contributed by atoms with Crippen molar-refractivity contribution >= 4 is 17.7 Å². The molecule has 9 nitrogen and oxygen atoms in total. The predicted octanol–water partition coefficient (Wildman–Crippen LogP) is 2.52. The number of esters is 2. The van der Waals surface area contributed by atoms with Crippen molar-refractivity contribution < 1.29 is 42.9 Å². The van der Waals surface area contributed by atoms with Crippen LogP contribution in [0, 0.1) is 28.1 Å². The fourth-order valence-electron chi connectivity index (χ4n) is 8.77. The highest BCUT2D eigenvalue weighted by Crippen LogP contribution is 2.79. The number of ether oxygens (including phenoxy) is 4. The lowest BCUT2D eigenvalue weighted by atomic mass is 9.37. The van der Waals surface area contributed by atoms with E-state index in [-0.39, 0.29) is 18.3 Å². The van der Waals surface area contributed by atoms with Crippen LogP contribution in [0.1, 0.15) is 52.2 Å². The molecule has 0 unspecified atom stereocenters. The van der Waals surface area contributed by atoms with Gasteiger partial charge in [0.25, 0.3) is 0 Å². The number of cyclic esters (lactones) is 1. The first-order chi connectivity index (χ1) is 16.9. The van der Waals surface area contributed by atoms with Crippen LogP contribution in [0.4, 0.5) is 0 Å². The quantitative estimate of drug-likeness (QED) is 0.379. The molecule has 4 heterocycles. The van der Waals surface area contributed by atoms with Crippen molar-refractivity contribution in [1.29, 1.82) is 0 Å². The number of aliphatic hydroxyl groups excluding tert-OH is 1. The standard InChI is InChI=1S/C27H32O9/c1-23(2)18-17(29)19(30)25(4)15(26(18,13-34-23)10-7-16(28)32-5)6-9-24(3)20(14-8-11-33-12-14)35-22(31)21-27(24,25)36-21/h7-8,10-12,15,18-21,30H,6,9,13H2,1-5H3/t15-,18-,19+,20-,21+,24-,25-,26-,27+/m0/s1. The first-order valence-electron chi connectivity index (χ1n) is 12.4. The Morgan fingerprint density at radius 1 is 1.19 bits per heavy atom. The second-order valence-electron chi connectivity index (χ2n) is 12.0. The van der Waals surface area contributed by atoms with E-state index in [1.165, 1.54) is 19.4 Å². The maximum Gasteiger partial charge on any atom is 0.339 e. The Morgan fingerprint density at radius 2 is 1.94 bits per heavy atom. The average Bonchev–Trinajstić information content (AvgIpc) is 3.29. The van der Waals surface area contributed by atoms with Crippen molar-refractivity contribution in [2.75, 3.05) is 13.7 Å². The van der Waals surface area contributed by atoms with Gasteiger partial charge in [-0.05, 0) is 38.7 Å². The Balaban J connectivity index is 1.55.